The largest absolute Gasteiger partial charge is 0.394 e. The predicted octanol–water partition coefficient (Wildman–Crippen LogP) is 3.27. The molecule has 0 heterocycles. The molecule has 1 aromatic rings. The van der Waals surface area contributed by atoms with Crippen LogP contribution in [0.4, 0.5) is 0 Å². The van der Waals surface area contributed by atoms with Gasteiger partial charge < -0.3 is 10.8 Å². The summed E-state index contributed by atoms with van der Waals surface area (Å²) in [5, 5.41) is 9.25. The molecule has 2 nitrogen and oxygen atoms in total. The molecule has 0 spiro atoms. The number of hydrogen-bond donors (Lipinski definition) is 2. The molecule has 1 aromatic carbocycles. The molecule has 2 heteroatoms. The second kappa shape index (κ2) is 5.02. The van der Waals surface area contributed by atoms with Crippen molar-refractivity contribution in [2.24, 2.45) is 5.73 Å². The van der Waals surface area contributed by atoms with Gasteiger partial charge in [0.1, 0.15) is 0 Å². The Labute approximate surface area is 111 Å². The first-order valence-electron chi connectivity index (χ1n) is 6.58. The molecule has 0 saturated carbocycles. The van der Waals surface area contributed by atoms with E-state index >= 15 is 0 Å². The molecule has 18 heavy (non-hydrogen) atoms. The van der Waals surface area contributed by atoms with Gasteiger partial charge in [0, 0.05) is 0 Å². The summed E-state index contributed by atoms with van der Waals surface area (Å²) in [5.41, 5.74) is 9.71. The van der Waals surface area contributed by atoms with E-state index < -0.39 is 0 Å². The van der Waals surface area contributed by atoms with Gasteiger partial charge in [-0.05, 0) is 27.5 Å². The molecular formula is C16H27NO. The Morgan fingerprint density at radius 1 is 0.944 bits per heavy atom. The van der Waals surface area contributed by atoms with Gasteiger partial charge in [-0.3, -0.25) is 0 Å². The topological polar surface area (TPSA) is 46.2 Å². The van der Waals surface area contributed by atoms with E-state index in [1.807, 2.05) is 0 Å². The van der Waals surface area contributed by atoms with Crippen molar-refractivity contribution in [3.05, 3.63) is 34.9 Å². The first-order valence-corrected chi connectivity index (χ1v) is 6.58. The smallest absolute Gasteiger partial charge is 0.0624 e. The van der Waals surface area contributed by atoms with Gasteiger partial charge in [-0.25, -0.2) is 0 Å². The maximum Gasteiger partial charge on any atom is 0.0624 e. The average Bonchev–Trinajstić information content (AvgIpc) is 2.25. The van der Waals surface area contributed by atoms with Crippen LogP contribution in [0.2, 0.25) is 0 Å². The number of rotatable bonds is 2. The van der Waals surface area contributed by atoms with Crippen molar-refractivity contribution in [3.63, 3.8) is 0 Å². The molecule has 0 unspecified atom stereocenters. The SMILES string of the molecule is CC(C)(C)c1cc([C@H](N)CO)cc(C(C)(C)C)c1. The highest BCUT2D eigenvalue weighted by molar-refractivity contribution is 5.38. The Morgan fingerprint density at radius 3 is 1.61 bits per heavy atom. The predicted molar refractivity (Wildman–Crippen MR) is 77.9 cm³/mol. The van der Waals surface area contributed by atoms with Crippen LogP contribution in [0.5, 0.6) is 0 Å². The summed E-state index contributed by atoms with van der Waals surface area (Å²) in [7, 11) is 0. The third-order valence-corrected chi connectivity index (χ3v) is 3.31. The summed E-state index contributed by atoms with van der Waals surface area (Å²) < 4.78 is 0. The molecule has 0 fully saturated rings. The maximum absolute atomic E-state index is 9.25. The van der Waals surface area contributed by atoms with Gasteiger partial charge in [0.05, 0.1) is 12.6 Å². The van der Waals surface area contributed by atoms with E-state index in [0.717, 1.165) is 5.56 Å². The average molecular weight is 249 g/mol. The van der Waals surface area contributed by atoms with Gasteiger partial charge in [-0.1, -0.05) is 59.7 Å². The maximum atomic E-state index is 9.25. The number of benzene rings is 1. The minimum atomic E-state index is -0.298. The van der Waals surface area contributed by atoms with E-state index in [2.05, 4.69) is 59.7 Å². The molecule has 0 aliphatic rings. The molecule has 0 amide bonds. The minimum absolute atomic E-state index is 0.0167. The van der Waals surface area contributed by atoms with E-state index in [1.165, 1.54) is 11.1 Å². The first-order chi connectivity index (χ1) is 8.05. The van der Waals surface area contributed by atoms with Crippen LogP contribution >= 0.6 is 0 Å². The van der Waals surface area contributed by atoms with E-state index in [-0.39, 0.29) is 23.5 Å². The highest BCUT2D eigenvalue weighted by atomic mass is 16.3. The lowest BCUT2D eigenvalue weighted by atomic mass is 9.79. The second-order valence-electron chi connectivity index (χ2n) is 7.13. The number of aliphatic hydroxyl groups is 1. The second-order valence-corrected chi connectivity index (χ2v) is 7.13. The number of aliphatic hydroxyl groups excluding tert-OH is 1. The summed E-state index contributed by atoms with van der Waals surface area (Å²) in [6.07, 6.45) is 0. The molecule has 1 rings (SSSR count). The quantitative estimate of drug-likeness (QED) is 0.845. The summed E-state index contributed by atoms with van der Waals surface area (Å²) in [4.78, 5) is 0. The lowest BCUT2D eigenvalue weighted by Gasteiger charge is -2.27. The van der Waals surface area contributed by atoms with Gasteiger partial charge in [-0.2, -0.15) is 0 Å². The Morgan fingerprint density at radius 2 is 1.33 bits per heavy atom. The van der Waals surface area contributed by atoms with Crippen LogP contribution in [0.15, 0.2) is 18.2 Å². The monoisotopic (exact) mass is 249 g/mol. The summed E-state index contributed by atoms with van der Waals surface area (Å²) in [6, 6.07) is 6.20. The van der Waals surface area contributed by atoms with Crippen LogP contribution in [0.25, 0.3) is 0 Å². The standard InChI is InChI=1S/C16H27NO/c1-15(2,3)12-7-11(14(17)10-18)8-13(9-12)16(4,5)6/h7-9,14,18H,10,17H2,1-6H3/t14-/m1/s1. The summed E-state index contributed by atoms with van der Waals surface area (Å²) in [5.74, 6) is 0. The van der Waals surface area contributed by atoms with Crippen molar-refractivity contribution in [2.75, 3.05) is 6.61 Å². The van der Waals surface area contributed by atoms with Crippen LogP contribution < -0.4 is 5.73 Å². The highest BCUT2D eigenvalue weighted by Gasteiger charge is 2.21. The first kappa shape index (κ1) is 15.2. The number of nitrogens with two attached hydrogens (primary N) is 1. The molecule has 1 atom stereocenters. The van der Waals surface area contributed by atoms with Crippen molar-refractivity contribution < 1.29 is 5.11 Å². The molecule has 0 radical (unpaired) electrons. The van der Waals surface area contributed by atoms with Crippen molar-refractivity contribution in [3.8, 4) is 0 Å². The fourth-order valence-electron chi connectivity index (χ4n) is 1.84. The van der Waals surface area contributed by atoms with Gasteiger partial charge in [0.25, 0.3) is 0 Å². The molecule has 0 saturated heterocycles. The van der Waals surface area contributed by atoms with Gasteiger partial charge >= 0.3 is 0 Å². The molecule has 0 aromatic heterocycles. The summed E-state index contributed by atoms with van der Waals surface area (Å²) in [6.45, 7) is 13.2. The van der Waals surface area contributed by atoms with Crippen LogP contribution in [-0.4, -0.2) is 11.7 Å². The fraction of sp³-hybridized carbons (Fsp3) is 0.625. The van der Waals surface area contributed by atoms with E-state index in [0.29, 0.717) is 0 Å². The van der Waals surface area contributed by atoms with Crippen LogP contribution in [0.1, 0.15) is 64.3 Å². The third-order valence-electron chi connectivity index (χ3n) is 3.31. The zero-order valence-electron chi connectivity index (χ0n) is 12.5. The van der Waals surface area contributed by atoms with E-state index in [9.17, 15) is 5.11 Å². The minimum Gasteiger partial charge on any atom is -0.394 e. The molecule has 0 aliphatic heterocycles. The van der Waals surface area contributed by atoms with Crippen molar-refractivity contribution >= 4 is 0 Å². The van der Waals surface area contributed by atoms with Gasteiger partial charge in [-0.15, -0.1) is 0 Å². The third kappa shape index (κ3) is 3.56. The van der Waals surface area contributed by atoms with E-state index in [1.54, 1.807) is 0 Å². The molecule has 3 N–H and O–H groups in total. The van der Waals surface area contributed by atoms with Crippen molar-refractivity contribution in [1.82, 2.24) is 0 Å². The van der Waals surface area contributed by atoms with Crippen molar-refractivity contribution in [2.45, 2.75) is 58.4 Å². The highest BCUT2D eigenvalue weighted by Crippen LogP contribution is 2.31. The van der Waals surface area contributed by atoms with Crippen LogP contribution in [0.3, 0.4) is 0 Å². The lowest BCUT2D eigenvalue weighted by Crippen LogP contribution is -2.20. The molecule has 0 bridgehead atoms. The zero-order chi connectivity index (χ0) is 14.1. The van der Waals surface area contributed by atoms with E-state index in [4.69, 9.17) is 5.73 Å². The van der Waals surface area contributed by atoms with Gasteiger partial charge in [0.2, 0.25) is 0 Å². The molecule has 102 valence electrons. The van der Waals surface area contributed by atoms with Crippen molar-refractivity contribution in [1.29, 1.82) is 0 Å². The lowest BCUT2D eigenvalue weighted by molar-refractivity contribution is 0.267. The number of hydrogen-bond acceptors (Lipinski definition) is 2. The van der Waals surface area contributed by atoms with Crippen LogP contribution in [0, 0.1) is 0 Å². The Bertz CT molecular complexity index is 378. The molecular weight excluding hydrogens is 222 g/mol. The normalized spacial score (nSPS) is 14.7. The van der Waals surface area contributed by atoms with Gasteiger partial charge in [0.15, 0.2) is 0 Å². The Kier molecular flexibility index (Phi) is 4.24. The summed E-state index contributed by atoms with van der Waals surface area (Å²) >= 11 is 0. The molecule has 0 aliphatic carbocycles. The van der Waals surface area contributed by atoms with Crippen LogP contribution in [-0.2, 0) is 10.8 Å². The Hall–Kier alpha value is -0.860. The zero-order valence-corrected chi connectivity index (χ0v) is 12.5. The fourth-order valence-corrected chi connectivity index (χ4v) is 1.84. The Balaban J connectivity index is 3.39.